The number of unbranched alkanes of at least 4 members (excludes halogenated alkanes) is 1. The molecule has 2 N–H and O–H groups in total. The predicted molar refractivity (Wildman–Crippen MR) is 79.9 cm³/mol. The number of carboxylic acids is 1. The average Bonchev–Trinajstić information content (AvgIpc) is 2.39. The van der Waals surface area contributed by atoms with Crippen LogP contribution in [0.4, 0.5) is 4.79 Å². The van der Waals surface area contributed by atoms with E-state index in [1.54, 1.807) is 23.7 Å². The van der Waals surface area contributed by atoms with Crippen LogP contribution >= 0.6 is 11.8 Å². The summed E-state index contributed by atoms with van der Waals surface area (Å²) in [7, 11) is 1.68. The minimum absolute atomic E-state index is 0.0484. The van der Waals surface area contributed by atoms with E-state index < -0.39 is 12.0 Å². The molecule has 20 heavy (non-hydrogen) atoms. The molecule has 0 aromatic heterocycles. The number of imide groups is 1. The smallest absolute Gasteiger partial charge is 0.324 e. The molecular weight excluding hydrogens is 280 g/mol. The Kier molecular flexibility index (Phi) is 9.88. The molecule has 0 saturated heterocycles. The fraction of sp³-hybridized carbons (Fsp3) is 0.769. The Morgan fingerprint density at radius 3 is 2.35 bits per heavy atom. The summed E-state index contributed by atoms with van der Waals surface area (Å²) in [5.74, 6) is -0.400. The number of hydrogen-bond acceptors (Lipinski definition) is 4. The van der Waals surface area contributed by atoms with Crippen molar-refractivity contribution >= 4 is 29.7 Å². The fourth-order valence-electron chi connectivity index (χ4n) is 1.69. The van der Waals surface area contributed by atoms with E-state index in [1.165, 1.54) is 0 Å². The Hall–Kier alpha value is -1.24. The first-order valence-corrected chi connectivity index (χ1v) is 8.09. The molecule has 0 aromatic rings. The van der Waals surface area contributed by atoms with Crippen LogP contribution in [-0.4, -0.2) is 53.0 Å². The van der Waals surface area contributed by atoms with Crippen molar-refractivity contribution in [3.63, 3.8) is 0 Å². The van der Waals surface area contributed by atoms with E-state index in [1.807, 2.05) is 13.2 Å². The third kappa shape index (κ3) is 8.04. The summed E-state index contributed by atoms with van der Waals surface area (Å²) in [6, 6.07) is -0.293. The van der Waals surface area contributed by atoms with E-state index in [4.69, 9.17) is 5.11 Å². The summed E-state index contributed by atoms with van der Waals surface area (Å²) in [6.07, 6.45) is 3.94. The van der Waals surface area contributed by atoms with E-state index in [-0.39, 0.29) is 24.8 Å². The summed E-state index contributed by atoms with van der Waals surface area (Å²) >= 11 is 1.66. The molecule has 116 valence electrons. The second-order valence-electron chi connectivity index (χ2n) is 4.58. The molecule has 0 radical (unpaired) electrons. The van der Waals surface area contributed by atoms with Crippen LogP contribution in [0.25, 0.3) is 0 Å². The lowest BCUT2D eigenvalue weighted by Gasteiger charge is -2.26. The van der Waals surface area contributed by atoms with Crippen molar-refractivity contribution in [2.75, 3.05) is 19.1 Å². The van der Waals surface area contributed by atoms with Gasteiger partial charge in [0.05, 0.1) is 0 Å². The number of carbonyl (C=O) groups excluding carboxylic acids is 2. The Labute approximate surface area is 124 Å². The maximum Gasteiger partial charge on any atom is 0.324 e. The molecule has 0 saturated carbocycles. The summed E-state index contributed by atoms with van der Waals surface area (Å²) < 4.78 is 0. The molecule has 1 atom stereocenters. The van der Waals surface area contributed by atoms with Crippen molar-refractivity contribution in [2.45, 2.75) is 45.1 Å². The van der Waals surface area contributed by atoms with Crippen LogP contribution in [0.5, 0.6) is 0 Å². The highest BCUT2D eigenvalue weighted by atomic mass is 32.2. The summed E-state index contributed by atoms with van der Waals surface area (Å²) in [6.45, 7) is 2.00. The molecule has 3 amide bonds. The second kappa shape index (κ2) is 10.5. The average molecular weight is 304 g/mol. The van der Waals surface area contributed by atoms with Gasteiger partial charge in [-0.05, 0) is 25.5 Å². The number of nitrogens with zero attached hydrogens (tertiary/aromatic N) is 1. The molecule has 7 heteroatoms. The number of rotatable bonds is 9. The molecule has 0 aliphatic rings. The maximum absolute atomic E-state index is 11.9. The van der Waals surface area contributed by atoms with Gasteiger partial charge in [0.15, 0.2) is 0 Å². The van der Waals surface area contributed by atoms with Crippen molar-refractivity contribution in [3.8, 4) is 0 Å². The first-order chi connectivity index (χ1) is 9.42. The standard InChI is InChI=1S/C13H24N2O4S/c1-4-10(9-20-3)15(2)13(19)14-11(16)7-5-6-8-12(17)18/h10H,4-9H2,1-3H3,(H,17,18)(H,14,16,19). The third-order valence-electron chi connectivity index (χ3n) is 2.99. The summed E-state index contributed by atoms with van der Waals surface area (Å²) in [4.78, 5) is 35.3. The molecule has 6 nitrogen and oxygen atoms in total. The van der Waals surface area contributed by atoms with Crippen molar-refractivity contribution in [1.29, 1.82) is 0 Å². The topological polar surface area (TPSA) is 86.7 Å². The number of aliphatic carboxylic acids is 1. The number of amides is 3. The molecule has 0 bridgehead atoms. The van der Waals surface area contributed by atoms with Gasteiger partial charge in [0.2, 0.25) is 5.91 Å². The van der Waals surface area contributed by atoms with Crippen molar-refractivity contribution < 1.29 is 19.5 Å². The Bertz CT molecular complexity index is 336. The number of carboxylic acid groups (broad SMARTS) is 1. The highest BCUT2D eigenvalue weighted by molar-refractivity contribution is 7.98. The van der Waals surface area contributed by atoms with Gasteiger partial charge < -0.3 is 10.0 Å². The number of hydrogen-bond donors (Lipinski definition) is 2. The van der Waals surface area contributed by atoms with Gasteiger partial charge in [-0.15, -0.1) is 0 Å². The fourth-order valence-corrected chi connectivity index (χ4v) is 2.54. The number of thioether (sulfide) groups is 1. The lowest BCUT2D eigenvalue weighted by atomic mass is 10.2. The van der Waals surface area contributed by atoms with Gasteiger partial charge in [-0.25, -0.2) is 4.79 Å². The van der Waals surface area contributed by atoms with Gasteiger partial charge in [0.1, 0.15) is 0 Å². The van der Waals surface area contributed by atoms with Crippen LogP contribution in [-0.2, 0) is 9.59 Å². The Morgan fingerprint density at radius 2 is 1.85 bits per heavy atom. The lowest BCUT2D eigenvalue weighted by Crippen LogP contribution is -2.46. The van der Waals surface area contributed by atoms with Crippen molar-refractivity contribution in [2.24, 2.45) is 0 Å². The zero-order valence-electron chi connectivity index (χ0n) is 12.3. The number of nitrogens with one attached hydrogen (secondary N) is 1. The Balaban J connectivity index is 4.05. The van der Waals surface area contributed by atoms with E-state index in [0.717, 1.165) is 12.2 Å². The molecule has 0 heterocycles. The number of urea groups is 1. The van der Waals surface area contributed by atoms with Crippen LogP contribution in [0.15, 0.2) is 0 Å². The molecule has 0 aromatic carbocycles. The number of carbonyl (C=O) groups is 3. The SMILES string of the molecule is CCC(CSC)N(C)C(=O)NC(=O)CCCCC(=O)O. The summed E-state index contributed by atoms with van der Waals surface area (Å²) in [5.41, 5.74) is 0. The first kappa shape index (κ1) is 18.8. The Morgan fingerprint density at radius 1 is 1.25 bits per heavy atom. The molecule has 1 unspecified atom stereocenters. The van der Waals surface area contributed by atoms with Crippen LogP contribution in [0.3, 0.4) is 0 Å². The zero-order valence-corrected chi connectivity index (χ0v) is 13.2. The molecule has 0 fully saturated rings. The minimum Gasteiger partial charge on any atom is -0.481 e. The van der Waals surface area contributed by atoms with Gasteiger partial charge in [-0.2, -0.15) is 11.8 Å². The molecular formula is C13H24N2O4S. The quantitative estimate of drug-likeness (QED) is 0.636. The highest BCUT2D eigenvalue weighted by Gasteiger charge is 2.19. The van der Waals surface area contributed by atoms with Gasteiger partial charge in [-0.1, -0.05) is 6.92 Å². The normalized spacial score (nSPS) is 11.8. The zero-order chi connectivity index (χ0) is 15.5. The van der Waals surface area contributed by atoms with Gasteiger partial charge >= 0.3 is 12.0 Å². The van der Waals surface area contributed by atoms with Crippen LogP contribution in [0, 0.1) is 0 Å². The van der Waals surface area contributed by atoms with E-state index in [0.29, 0.717) is 12.8 Å². The van der Waals surface area contributed by atoms with Gasteiger partial charge in [0, 0.05) is 31.7 Å². The van der Waals surface area contributed by atoms with Crippen LogP contribution < -0.4 is 5.32 Å². The van der Waals surface area contributed by atoms with E-state index in [9.17, 15) is 14.4 Å². The van der Waals surface area contributed by atoms with Crippen molar-refractivity contribution in [3.05, 3.63) is 0 Å². The van der Waals surface area contributed by atoms with Gasteiger partial charge in [0.25, 0.3) is 0 Å². The van der Waals surface area contributed by atoms with Gasteiger partial charge in [-0.3, -0.25) is 14.9 Å². The highest BCUT2D eigenvalue weighted by Crippen LogP contribution is 2.08. The van der Waals surface area contributed by atoms with Crippen LogP contribution in [0.1, 0.15) is 39.0 Å². The van der Waals surface area contributed by atoms with E-state index in [2.05, 4.69) is 5.32 Å². The largest absolute Gasteiger partial charge is 0.481 e. The minimum atomic E-state index is -0.871. The molecule has 0 rings (SSSR count). The molecule has 0 aliphatic carbocycles. The maximum atomic E-state index is 11.9. The second-order valence-corrected chi connectivity index (χ2v) is 5.49. The van der Waals surface area contributed by atoms with Crippen LogP contribution in [0.2, 0.25) is 0 Å². The predicted octanol–water partition coefficient (Wildman–Crippen LogP) is 1.94. The monoisotopic (exact) mass is 304 g/mol. The summed E-state index contributed by atoms with van der Waals surface area (Å²) in [5, 5.41) is 10.8. The lowest BCUT2D eigenvalue weighted by molar-refractivity contribution is -0.137. The first-order valence-electron chi connectivity index (χ1n) is 6.69. The van der Waals surface area contributed by atoms with Crippen molar-refractivity contribution in [1.82, 2.24) is 10.2 Å². The van der Waals surface area contributed by atoms with E-state index >= 15 is 0 Å². The third-order valence-corrected chi connectivity index (χ3v) is 3.71. The molecule has 0 spiro atoms. The molecule has 0 aliphatic heterocycles.